The summed E-state index contributed by atoms with van der Waals surface area (Å²) in [7, 11) is 0. The van der Waals surface area contributed by atoms with Crippen molar-refractivity contribution in [1.82, 2.24) is 20.1 Å². The largest absolute Gasteiger partial charge is 0.352 e. The lowest BCUT2D eigenvalue weighted by molar-refractivity contribution is -0.126. The zero-order chi connectivity index (χ0) is 15.4. The van der Waals surface area contributed by atoms with Gasteiger partial charge in [-0.25, -0.2) is 9.67 Å². The zero-order valence-electron chi connectivity index (χ0n) is 12.9. The Balaban J connectivity index is 0.00000192. The molecule has 3 rings (SSSR count). The molecule has 1 fully saturated rings. The third-order valence-electron chi connectivity index (χ3n) is 4.34. The molecule has 23 heavy (non-hydrogen) atoms. The lowest BCUT2D eigenvalue weighted by Gasteiger charge is -2.18. The molecule has 2 heterocycles. The van der Waals surface area contributed by atoms with E-state index >= 15 is 0 Å². The summed E-state index contributed by atoms with van der Waals surface area (Å²) >= 11 is 0. The van der Waals surface area contributed by atoms with E-state index in [1.54, 1.807) is 17.1 Å². The van der Waals surface area contributed by atoms with Crippen LogP contribution in [0.25, 0.3) is 5.82 Å². The second kappa shape index (κ2) is 8.08. The maximum Gasteiger partial charge on any atom is 0.223 e. The minimum atomic E-state index is 0. The normalized spacial score (nSPS) is 20.0. The number of pyridine rings is 1. The molecular weight excluding hydrogens is 314 g/mol. The van der Waals surface area contributed by atoms with E-state index in [2.05, 4.69) is 15.4 Å². The van der Waals surface area contributed by atoms with Crippen LogP contribution >= 0.6 is 12.4 Å². The number of hydrogen-bond donors (Lipinski definition) is 2. The van der Waals surface area contributed by atoms with Gasteiger partial charge in [-0.15, -0.1) is 12.4 Å². The van der Waals surface area contributed by atoms with E-state index in [9.17, 15) is 4.79 Å². The Kier molecular flexibility index (Phi) is 6.12. The summed E-state index contributed by atoms with van der Waals surface area (Å²) < 4.78 is 1.71. The van der Waals surface area contributed by atoms with Crippen LogP contribution < -0.4 is 11.1 Å². The topological polar surface area (TPSA) is 85.8 Å². The van der Waals surface area contributed by atoms with E-state index in [-0.39, 0.29) is 24.2 Å². The maximum absolute atomic E-state index is 12.4. The summed E-state index contributed by atoms with van der Waals surface area (Å²) in [6.45, 7) is 1.04. The van der Waals surface area contributed by atoms with Crippen LogP contribution in [-0.4, -0.2) is 27.2 Å². The predicted molar refractivity (Wildman–Crippen MR) is 90.3 cm³/mol. The van der Waals surface area contributed by atoms with Crippen LogP contribution in [0.3, 0.4) is 0 Å². The van der Waals surface area contributed by atoms with Crippen LogP contribution in [0.15, 0.2) is 36.8 Å². The first-order valence-corrected chi connectivity index (χ1v) is 7.71. The van der Waals surface area contributed by atoms with Crippen molar-refractivity contribution in [3.8, 4) is 5.82 Å². The summed E-state index contributed by atoms with van der Waals surface area (Å²) in [4.78, 5) is 16.7. The Morgan fingerprint density at radius 3 is 2.96 bits per heavy atom. The number of rotatable bonds is 5. The van der Waals surface area contributed by atoms with Gasteiger partial charge in [0.1, 0.15) is 0 Å². The Morgan fingerprint density at radius 1 is 1.35 bits per heavy atom. The standard InChI is InChI=1S/C16H21N5O.ClH/c17-10-12-4-1-6-14(12)16(22)19-11-13-5-2-7-18-15(13)21-9-3-8-20-21;/h2-3,5,7-9,12,14H,1,4,6,10-11,17H2,(H,19,22);1H/t12-,14-;/m1./s1. The molecule has 0 unspecified atom stereocenters. The number of nitrogens with two attached hydrogens (primary N) is 1. The molecule has 2 atom stereocenters. The first-order chi connectivity index (χ1) is 10.8. The van der Waals surface area contributed by atoms with Gasteiger partial charge in [0.05, 0.1) is 0 Å². The van der Waals surface area contributed by atoms with E-state index in [0.717, 1.165) is 30.6 Å². The van der Waals surface area contributed by atoms with Crippen molar-refractivity contribution in [3.05, 3.63) is 42.4 Å². The molecule has 0 saturated heterocycles. The highest BCUT2D eigenvalue weighted by atomic mass is 35.5. The molecule has 0 aromatic carbocycles. The van der Waals surface area contributed by atoms with Crippen molar-refractivity contribution in [2.75, 3.05) is 6.54 Å². The van der Waals surface area contributed by atoms with E-state index in [1.165, 1.54) is 0 Å². The van der Waals surface area contributed by atoms with Gasteiger partial charge in [-0.3, -0.25) is 4.79 Å². The number of halogens is 1. The fourth-order valence-electron chi connectivity index (χ4n) is 3.15. The van der Waals surface area contributed by atoms with Gasteiger partial charge in [0.25, 0.3) is 0 Å². The quantitative estimate of drug-likeness (QED) is 0.870. The highest BCUT2D eigenvalue weighted by molar-refractivity contribution is 5.85. The first-order valence-electron chi connectivity index (χ1n) is 7.71. The van der Waals surface area contributed by atoms with Crippen LogP contribution in [-0.2, 0) is 11.3 Å². The van der Waals surface area contributed by atoms with Crippen molar-refractivity contribution in [1.29, 1.82) is 0 Å². The molecule has 2 aromatic heterocycles. The highest BCUT2D eigenvalue weighted by Gasteiger charge is 2.31. The average molecular weight is 336 g/mol. The summed E-state index contributed by atoms with van der Waals surface area (Å²) in [5.41, 5.74) is 6.70. The Hall–Kier alpha value is -1.92. The molecule has 6 nitrogen and oxygen atoms in total. The molecule has 0 spiro atoms. The van der Waals surface area contributed by atoms with E-state index in [1.807, 2.05) is 24.4 Å². The van der Waals surface area contributed by atoms with Crippen LogP contribution in [0.2, 0.25) is 0 Å². The van der Waals surface area contributed by atoms with Crippen molar-refractivity contribution in [2.45, 2.75) is 25.8 Å². The molecule has 1 amide bonds. The van der Waals surface area contributed by atoms with Gasteiger partial charge in [0.15, 0.2) is 5.82 Å². The molecule has 2 aromatic rings. The van der Waals surface area contributed by atoms with Crippen LogP contribution in [0, 0.1) is 11.8 Å². The van der Waals surface area contributed by atoms with Gasteiger partial charge in [-0.2, -0.15) is 5.10 Å². The predicted octanol–water partition coefficient (Wildman–Crippen LogP) is 1.68. The van der Waals surface area contributed by atoms with Gasteiger partial charge in [-0.1, -0.05) is 12.5 Å². The van der Waals surface area contributed by atoms with Crippen LogP contribution in [0.1, 0.15) is 24.8 Å². The van der Waals surface area contributed by atoms with Gasteiger partial charge in [0, 0.05) is 36.6 Å². The smallest absolute Gasteiger partial charge is 0.223 e. The molecule has 1 saturated carbocycles. The summed E-state index contributed by atoms with van der Waals surface area (Å²) in [5.74, 6) is 1.21. The molecular formula is C16H22ClN5O. The number of amides is 1. The number of nitrogens with zero attached hydrogens (tertiary/aromatic N) is 3. The summed E-state index contributed by atoms with van der Waals surface area (Å²) in [6.07, 6.45) is 8.36. The fraction of sp³-hybridized carbons (Fsp3) is 0.438. The van der Waals surface area contributed by atoms with Gasteiger partial charge < -0.3 is 11.1 Å². The lowest BCUT2D eigenvalue weighted by atomic mass is 9.95. The van der Waals surface area contributed by atoms with Crippen molar-refractivity contribution in [3.63, 3.8) is 0 Å². The minimum Gasteiger partial charge on any atom is -0.352 e. The molecule has 0 bridgehead atoms. The molecule has 1 aliphatic rings. The Bertz CT molecular complexity index is 631. The van der Waals surface area contributed by atoms with Crippen LogP contribution in [0.4, 0.5) is 0 Å². The van der Waals surface area contributed by atoms with E-state index in [4.69, 9.17) is 5.73 Å². The van der Waals surface area contributed by atoms with Gasteiger partial charge in [0.2, 0.25) is 5.91 Å². The third-order valence-corrected chi connectivity index (χ3v) is 4.34. The number of hydrogen-bond acceptors (Lipinski definition) is 4. The number of carbonyl (C=O) groups excluding carboxylic acids is 1. The Morgan fingerprint density at radius 2 is 2.22 bits per heavy atom. The maximum atomic E-state index is 12.4. The third kappa shape index (κ3) is 3.89. The zero-order valence-corrected chi connectivity index (χ0v) is 13.7. The van der Waals surface area contributed by atoms with E-state index < -0.39 is 0 Å². The SMILES string of the molecule is Cl.NC[C@H]1CCC[C@H]1C(=O)NCc1cccnc1-n1cccn1. The second-order valence-corrected chi connectivity index (χ2v) is 5.69. The van der Waals surface area contributed by atoms with Gasteiger partial charge >= 0.3 is 0 Å². The molecule has 3 N–H and O–H groups in total. The fourth-order valence-corrected chi connectivity index (χ4v) is 3.15. The highest BCUT2D eigenvalue weighted by Crippen LogP contribution is 2.31. The molecule has 1 aliphatic carbocycles. The first kappa shape index (κ1) is 17.4. The number of nitrogens with one attached hydrogen (secondary N) is 1. The molecule has 0 radical (unpaired) electrons. The van der Waals surface area contributed by atoms with Gasteiger partial charge in [-0.05, 0) is 37.4 Å². The number of carbonyl (C=O) groups is 1. The number of aromatic nitrogens is 3. The summed E-state index contributed by atoms with van der Waals surface area (Å²) in [6, 6.07) is 5.67. The molecule has 124 valence electrons. The second-order valence-electron chi connectivity index (χ2n) is 5.69. The molecule has 0 aliphatic heterocycles. The summed E-state index contributed by atoms with van der Waals surface area (Å²) in [5, 5.41) is 7.23. The van der Waals surface area contributed by atoms with Crippen molar-refractivity contribution >= 4 is 18.3 Å². The Labute approximate surface area is 141 Å². The van der Waals surface area contributed by atoms with E-state index in [0.29, 0.717) is 19.0 Å². The van der Waals surface area contributed by atoms with Crippen LogP contribution in [0.5, 0.6) is 0 Å². The van der Waals surface area contributed by atoms with Crippen molar-refractivity contribution in [2.24, 2.45) is 17.6 Å². The lowest BCUT2D eigenvalue weighted by Crippen LogP contribution is -2.34. The minimum absolute atomic E-state index is 0. The van der Waals surface area contributed by atoms with Crippen molar-refractivity contribution < 1.29 is 4.79 Å². The molecule has 7 heteroatoms. The average Bonchev–Trinajstić information content (AvgIpc) is 3.23. The monoisotopic (exact) mass is 335 g/mol.